The van der Waals surface area contributed by atoms with E-state index in [0.717, 1.165) is 27.8 Å². The smallest absolute Gasteiger partial charge is 0.355 e. The Labute approximate surface area is 243 Å². The van der Waals surface area contributed by atoms with Crippen molar-refractivity contribution >= 4 is 5.97 Å². The summed E-state index contributed by atoms with van der Waals surface area (Å²) in [5, 5.41) is 14.3. The third-order valence-electron chi connectivity index (χ3n) is 7.20. The molecule has 0 radical (unpaired) electrons. The molecule has 1 aromatic heterocycles. The van der Waals surface area contributed by atoms with E-state index in [-0.39, 0.29) is 11.3 Å². The Bertz CT molecular complexity index is 1810. The fourth-order valence-corrected chi connectivity index (χ4v) is 5.10. The van der Waals surface area contributed by atoms with Crippen LogP contribution in [0.25, 0.3) is 22.5 Å². The minimum absolute atomic E-state index is 0.129. The van der Waals surface area contributed by atoms with E-state index in [9.17, 15) is 19.1 Å². The van der Waals surface area contributed by atoms with Crippen LogP contribution in [-0.2, 0) is 12.8 Å². The van der Waals surface area contributed by atoms with Gasteiger partial charge >= 0.3 is 11.7 Å². The van der Waals surface area contributed by atoms with E-state index in [1.165, 1.54) is 15.3 Å². The van der Waals surface area contributed by atoms with Gasteiger partial charge in [0.15, 0.2) is 0 Å². The van der Waals surface area contributed by atoms with Gasteiger partial charge in [-0.05, 0) is 92.3 Å². The second-order valence-electron chi connectivity index (χ2n) is 10.2. The lowest BCUT2D eigenvalue weighted by Gasteiger charge is -2.12. The number of carboxylic acid groups (broad SMARTS) is 1. The zero-order chi connectivity index (χ0) is 29.8. The molecule has 0 spiro atoms. The largest absolute Gasteiger partial charge is 0.493 e. The molecule has 0 aliphatic carbocycles. The Hall–Kier alpha value is -4.98. The normalized spacial score (nSPS) is 11.0. The molecule has 0 amide bonds. The van der Waals surface area contributed by atoms with Crippen molar-refractivity contribution in [2.45, 2.75) is 40.0 Å². The first-order valence-corrected chi connectivity index (χ1v) is 13.9. The molecule has 42 heavy (non-hydrogen) atoms. The van der Waals surface area contributed by atoms with E-state index in [2.05, 4.69) is 11.2 Å². The summed E-state index contributed by atoms with van der Waals surface area (Å²) in [7, 11) is 0. The van der Waals surface area contributed by atoms with Crippen LogP contribution in [0.1, 0.15) is 46.2 Å². The molecule has 4 aromatic carbocycles. The quantitative estimate of drug-likeness (QED) is 0.203. The molecule has 1 heterocycles. The number of hydrogen-bond acceptors (Lipinski definition) is 4. The van der Waals surface area contributed by atoms with Gasteiger partial charge in [0.25, 0.3) is 0 Å². The zero-order valence-electron chi connectivity index (χ0n) is 23.8. The predicted octanol–water partition coefficient (Wildman–Crippen LogP) is 6.72. The van der Waals surface area contributed by atoms with Crippen molar-refractivity contribution < 1.29 is 19.0 Å². The first-order valence-electron chi connectivity index (χ1n) is 13.9. The Kier molecular flexibility index (Phi) is 8.33. The van der Waals surface area contributed by atoms with Gasteiger partial charge in [-0.3, -0.25) is 0 Å². The molecule has 0 saturated carbocycles. The molecule has 0 aliphatic heterocycles. The van der Waals surface area contributed by atoms with E-state index in [0.29, 0.717) is 43.1 Å². The number of hydrogen-bond donors (Lipinski definition) is 1. The van der Waals surface area contributed by atoms with Crippen LogP contribution < -0.4 is 10.4 Å². The number of aromatic carboxylic acids is 1. The summed E-state index contributed by atoms with van der Waals surface area (Å²) < 4.78 is 23.0. The van der Waals surface area contributed by atoms with Gasteiger partial charge in [-0.15, -0.1) is 5.10 Å². The number of nitrogens with zero attached hydrogens (tertiary/aromatic N) is 3. The molecule has 1 N–H and O–H groups in total. The first kappa shape index (κ1) is 28.5. The molecule has 0 bridgehead atoms. The topological polar surface area (TPSA) is 86.4 Å². The lowest BCUT2D eigenvalue weighted by molar-refractivity contribution is 0.0692. The molecule has 214 valence electrons. The Morgan fingerprint density at radius 1 is 0.952 bits per heavy atom. The Morgan fingerprint density at radius 2 is 1.71 bits per heavy atom. The monoisotopic (exact) mass is 565 g/mol. The average molecular weight is 566 g/mol. The number of carboxylic acids is 1. The van der Waals surface area contributed by atoms with Gasteiger partial charge in [0.1, 0.15) is 23.0 Å². The number of carbonyl (C=O) groups is 1. The molecular formula is C34H32FN3O4. The van der Waals surface area contributed by atoms with Crippen molar-refractivity contribution in [1.82, 2.24) is 14.3 Å². The van der Waals surface area contributed by atoms with E-state index in [1.807, 2.05) is 63.2 Å². The van der Waals surface area contributed by atoms with Gasteiger partial charge in [0, 0.05) is 6.42 Å². The summed E-state index contributed by atoms with van der Waals surface area (Å²) in [4.78, 5) is 25.2. The van der Waals surface area contributed by atoms with Crippen molar-refractivity contribution in [2.75, 3.05) is 6.61 Å². The van der Waals surface area contributed by atoms with Crippen LogP contribution in [-0.4, -0.2) is 32.0 Å². The summed E-state index contributed by atoms with van der Waals surface area (Å²) in [6, 6.07) is 25.0. The van der Waals surface area contributed by atoms with E-state index in [1.54, 1.807) is 30.3 Å². The van der Waals surface area contributed by atoms with Gasteiger partial charge < -0.3 is 9.84 Å². The first-order chi connectivity index (χ1) is 20.3. The summed E-state index contributed by atoms with van der Waals surface area (Å²) in [5.41, 5.74) is 5.41. The third kappa shape index (κ3) is 5.88. The number of halogens is 1. The molecule has 0 unspecified atom stereocenters. The van der Waals surface area contributed by atoms with Gasteiger partial charge in [-0.25, -0.2) is 18.5 Å². The minimum atomic E-state index is -1.03. The number of aromatic nitrogens is 3. The Morgan fingerprint density at radius 3 is 2.40 bits per heavy atom. The van der Waals surface area contributed by atoms with Crippen molar-refractivity contribution in [3.05, 3.63) is 129 Å². The number of para-hydroxylation sites is 1. The number of benzene rings is 4. The SMILES string of the molecule is CCOc1ccc(-c2ccc(CCCc3nn(-c4ccc(C)cc4)c(=O)n3-c3ccccc3F)cc2C)cc1C(=O)O. The van der Waals surface area contributed by atoms with Gasteiger partial charge in [-0.1, -0.05) is 54.1 Å². The van der Waals surface area contributed by atoms with Gasteiger partial charge in [-0.2, -0.15) is 4.68 Å². The maximum atomic E-state index is 14.8. The highest BCUT2D eigenvalue weighted by Crippen LogP contribution is 2.30. The second kappa shape index (κ2) is 12.3. The van der Waals surface area contributed by atoms with Crippen LogP contribution in [0.5, 0.6) is 5.75 Å². The van der Waals surface area contributed by atoms with Crippen molar-refractivity contribution in [1.29, 1.82) is 0 Å². The highest BCUT2D eigenvalue weighted by Gasteiger charge is 2.19. The van der Waals surface area contributed by atoms with Crippen LogP contribution in [0.15, 0.2) is 89.7 Å². The maximum absolute atomic E-state index is 14.8. The van der Waals surface area contributed by atoms with Crippen LogP contribution >= 0.6 is 0 Å². The van der Waals surface area contributed by atoms with Crippen molar-refractivity contribution in [2.24, 2.45) is 0 Å². The average Bonchev–Trinajstić information content (AvgIpc) is 3.29. The van der Waals surface area contributed by atoms with Gasteiger partial charge in [0.2, 0.25) is 0 Å². The molecule has 5 aromatic rings. The summed E-state index contributed by atoms with van der Waals surface area (Å²) in [5.74, 6) is -0.694. The number of rotatable bonds is 10. The van der Waals surface area contributed by atoms with Crippen LogP contribution in [0.2, 0.25) is 0 Å². The standard InChI is InChI=1S/C34H32FN3O4/c1-4-42-31-19-15-25(21-28(31)33(39)40)27-18-14-24(20-23(27)3)8-7-11-32-36-38(26-16-12-22(2)13-17-26)34(41)37(32)30-10-6-5-9-29(30)35/h5-6,9-10,12-21H,4,7-8,11H2,1-3H3,(H,39,40). The molecule has 8 heteroatoms. The third-order valence-corrected chi connectivity index (χ3v) is 7.20. The predicted molar refractivity (Wildman–Crippen MR) is 161 cm³/mol. The van der Waals surface area contributed by atoms with Crippen molar-refractivity contribution in [3.63, 3.8) is 0 Å². The molecular weight excluding hydrogens is 533 g/mol. The van der Waals surface area contributed by atoms with Crippen molar-refractivity contribution in [3.8, 4) is 28.3 Å². The van der Waals surface area contributed by atoms with E-state index in [4.69, 9.17) is 4.74 Å². The highest BCUT2D eigenvalue weighted by atomic mass is 19.1. The summed E-state index contributed by atoms with van der Waals surface area (Å²) in [6.07, 6.45) is 1.86. The fourth-order valence-electron chi connectivity index (χ4n) is 5.10. The highest BCUT2D eigenvalue weighted by molar-refractivity contribution is 5.93. The summed E-state index contributed by atoms with van der Waals surface area (Å²) >= 11 is 0. The molecule has 0 saturated heterocycles. The van der Waals surface area contributed by atoms with Crippen LogP contribution in [0.4, 0.5) is 4.39 Å². The minimum Gasteiger partial charge on any atom is -0.493 e. The number of ether oxygens (including phenoxy) is 1. The lowest BCUT2D eigenvalue weighted by Crippen LogP contribution is -2.24. The number of aryl methyl sites for hydroxylation is 4. The van der Waals surface area contributed by atoms with E-state index < -0.39 is 17.5 Å². The molecule has 5 rings (SSSR count). The molecule has 0 aliphatic rings. The van der Waals surface area contributed by atoms with E-state index >= 15 is 0 Å². The summed E-state index contributed by atoms with van der Waals surface area (Å²) in [6.45, 7) is 6.16. The van der Waals surface area contributed by atoms with Gasteiger partial charge in [0.05, 0.1) is 18.0 Å². The lowest BCUT2D eigenvalue weighted by atomic mass is 9.95. The van der Waals surface area contributed by atoms with Crippen LogP contribution in [0, 0.1) is 19.7 Å². The maximum Gasteiger partial charge on any atom is 0.355 e. The second-order valence-corrected chi connectivity index (χ2v) is 10.2. The fraction of sp³-hybridized carbons (Fsp3) is 0.206. The molecule has 0 atom stereocenters. The Balaban J connectivity index is 1.39. The molecule has 7 nitrogen and oxygen atoms in total. The zero-order valence-corrected chi connectivity index (χ0v) is 23.8. The molecule has 0 fully saturated rings. The van der Waals surface area contributed by atoms with Crippen LogP contribution in [0.3, 0.4) is 0 Å².